The Balaban J connectivity index is 1.60. The molecule has 0 spiro atoms. The molecule has 1 fully saturated rings. The average molecular weight is 716 g/mol. The summed E-state index contributed by atoms with van der Waals surface area (Å²) in [4.78, 5) is 0. The van der Waals surface area contributed by atoms with E-state index in [0.717, 1.165) is 46.4 Å². The second kappa shape index (κ2) is 17.4. The lowest BCUT2D eigenvalue weighted by Gasteiger charge is -2.32. The van der Waals surface area contributed by atoms with E-state index < -0.39 is 18.3 Å². The van der Waals surface area contributed by atoms with Gasteiger partial charge in [0.15, 0.2) is 0 Å². The smallest absolute Gasteiger partial charge is 0.399 e. The third-order valence-electron chi connectivity index (χ3n) is 11.0. The molecular formula is C44H64BBrO2. The van der Waals surface area contributed by atoms with Crippen LogP contribution in [0.15, 0.2) is 65.1 Å². The van der Waals surface area contributed by atoms with Crippen molar-refractivity contribution in [1.29, 1.82) is 0 Å². The Morgan fingerprint density at radius 1 is 0.542 bits per heavy atom. The molecule has 0 bridgehead atoms. The van der Waals surface area contributed by atoms with E-state index in [0.29, 0.717) is 0 Å². The first-order valence-corrected chi connectivity index (χ1v) is 19.8. The molecule has 48 heavy (non-hydrogen) atoms. The monoisotopic (exact) mass is 714 g/mol. The minimum absolute atomic E-state index is 0.411. The van der Waals surface area contributed by atoms with Crippen LogP contribution in [0.1, 0.15) is 132 Å². The first kappa shape index (κ1) is 38.9. The van der Waals surface area contributed by atoms with Crippen LogP contribution >= 0.6 is 15.9 Å². The SMILES string of the molecule is CC(C)CCCC(C)CCc1ccc(-c2c(Br)ccc(B3OC(C)(C)C(C)(C)O3)c2-c2ccc(CCC(C)CCCC(C)C)cc2)cc1. The summed E-state index contributed by atoms with van der Waals surface area (Å²) in [6.07, 6.45) is 12.7. The van der Waals surface area contributed by atoms with Crippen LogP contribution in [-0.2, 0) is 22.2 Å². The van der Waals surface area contributed by atoms with Gasteiger partial charge in [0.05, 0.1) is 11.2 Å². The van der Waals surface area contributed by atoms with Crippen LogP contribution in [-0.4, -0.2) is 18.3 Å². The number of benzene rings is 3. The van der Waals surface area contributed by atoms with Crippen molar-refractivity contribution in [3.05, 3.63) is 76.3 Å². The molecule has 262 valence electrons. The van der Waals surface area contributed by atoms with Crippen molar-refractivity contribution in [3.63, 3.8) is 0 Å². The van der Waals surface area contributed by atoms with Crippen LogP contribution in [0.2, 0.25) is 0 Å². The van der Waals surface area contributed by atoms with Crippen molar-refractivity contribution in [1.82, 2.24) is 0 Å². The summed E-state index contributed by atoms with van der Waals surface area (Å²) < 4.78 is 14.4. The maximum atomic E-state index is 6.66. The molecule has 0 amide bonds. The van der Waals surface area contributed by atoms with Crippen molar-refractivity contribution in [2.75, 3.05) is 0 Å². The Labute approximate surface area is 303 Å². The molecule has 2 nitrogen and oxygen atoms in total. The molecule has 2 atom stereocenters. The third-order valence-corrected chi connectivity index (χ3v) is 11.6. The normalized spacial score (nSPS) is 17.0. The molecule has 4 rings (SSSR count). The van der Waals surface area contributed by atoms with Crippen molar-refractivity contribution in [2.24, 2.45) is 23.7 Å². The Morgan fingerprint density at radius 3 is 1.38 bits per heavy atom. The predicted octanol–water partition coefficient (Wildman–Crippen LogP) is 12.9. The lowest BCUT2D eigenvalue weighted by molar-refractivity contribution is 0.00578. The van der Waals surface area contributed by atoms with Crippen molar-refractivity contribution in [3.8, 4) is 22.3 Å². The lowest BCUT2D eigenvalue weighted by atomic mass is 9.72. The van der Waals surface area contributed by atoms with Crippen LogP contribution < -0.4 is 5.46 Å². The Hall–Kier alpha value is -1.88. The largest absolute Gasteiger partial charge is 0.495 e. The highest BCUT2D eigenvalue weighted by atomic mass is 79.9. The van der Waals surface area contributed by atoms with Crippen molar-refractivity contribution >= 4 is 28.5 Å². The van der Waals surface area contributed by atoms with E-state index in [9.17, 15) is 0 Å². The third kappa shape index (κ3) is 10.6. The molecule has 0 aromatic heterocycles. The molecule has 0 N–H and O–H groups in total. The van der Waals surface area contributed by atoms with E-state index >= 15 is 0 Å². The van der Waals surface area contributed by atoms with E-state index in [4.69, 9.17) is 9.31 Å². The zero-order valence-corrected chi connectivity index (χ0v) is 33.5. The summed E-state index contributed by atoms with van der Waals surface area (Å²) in [6.45, 7) is 22.7. The molecule has 2 unspecified atom stereocenters. The van der Waals surface area contributed by atoms with Gasteiger partial charge < -0.3 is 9.31 Å². The van der Waals surface area contributed by atoms with Gasteiger partial charge in [-0.15, -0.1) is 0 Å². The number of aryl methyl sites for hydroxylation is 2. The summed E-state index contributed by atoms with van der Waals surface area (Å²) in [5.74, 6) is 3.11. The van der Waals surface area contributed by atoms with Gasteiger partial charge in [0.1, 0.15) is 0 Å². The number of hydrogen-bond acceptors (Lipinski definition) is 2. The van der Waals surface area contributed by atoms with E-state index in [1.54, 1.807) is 0 Å². The summed E-state index contributed by atoms with van der Waals surface area (Å²) in [5, 5.41) is 0. The maximum absolute atomic E-state index is 6.66. The van der Waals surface area contributed by atoms with Gasteiger partial charge in [-0.2, -0.15) is 0 Å². The Kier molecular flexibility index (Phi) is 14.1. The highest BCUT2D eigenvalue weighted by Gasteiger charge is 2.52. The molecule has 1 aliphatic heterocycles. The molecular weight excluding hydrogens is 651 g/mol. The summed E-state index contributed by atoms with van der Waals surface area (Å²) in [5.41, 5.74) is 7.87. The van der Waals surface area contributed by atoms with Crippen molar-refractivity contribution in [2.45, 2.75) is 145 Å². The average Bonchev–Trinajstić information content (AvgIpc) is 3.25. The quantitative estimate of drug-likeness (QED) is 0.130. The molecule has 1 aliphatic rings. The number of halogens is 1. The maximum Gasteiger partial charge on any atom is 0.495 e. The molecule has 3 aromatic rings. The molecule has 0 saturated carbocycles. The van der Waals surface area contributed by atoms with E-state index in [-0.39, 0.29) is 0 Å². The van der Waals surface area contributed by atoms with Crippen LogP contribution in [0.4, 0.5) is 0 Å². The van der Waals surface area contributed by atoms with Gasteiger partial charge in [0.25, 0.3) is 0 Å². The first-order valence-electron chi connectivity index (χ1n) is 19.0. The summed E-state index contributed by atoms with van der Waals surface area (Å²) in [6, 6.07) is 22.9. The second-order valence-electron chi connectivity index (χ2n) is 16.8. The first-order chi connectivity index (χ1) is 22.7. The number of rotatable bonds is 17. The topological polar surface area (TPSA) is 18.5 Å². The van der Waals surface area contributed by atoms with Crippen LogP contribution in [0.5, 0.6) is 0 Å². The van der Waals surface area contributed by atoms with Crippen molar-refractivity contribution < 1.29 is 9.31 Å². The Morgan fingerprint density at radius 2 is 0.958 bits per heavy atom. The zero-order chi connectivity index (χ0) is 35.1. The molecule has 1 heterocycles. The summed E-state index contributed by atoms with van der Waals surface area (Å²) >= 11 is 3.97. The minimum atomic E-state index is -0.445. The van der Waals surface area contributed by atoms with Gasteiger partial charge in [0, 0.05) is 10.0 Å². The van der Waals surface area contributed by atoms with Gasteiger partial charge >= 0.3 is 7.12 Å². The zero-order valence-electron chi connectivity index (χ0n) is 31.9. The standard InChI is InChI=1S/C44H64BBrO2/c1-31(2)13-11-15-33(5)17-19-35-21-25-37(26-22-35)41-39(45-47-43(7,8)44(9,10)48-45)29-30-40(46)42(41)38-27-23-36(24-28-38)20-18-34(6)16-12-14-32(3)4/h21-34H,11-20H2,1-10H3. The molecule has 3 aromatic carbocycles. The molecule has 1 saturated heterocycles. The molecule has 0 aliphatic carbocycles. The number of hydrogen-bond donors (Lipinski definition) is 0. The molecule has 0 radical (unpaired) electrons. The minimum Gasteiger partial charge on any atom is -0.399 e. The Bertz CT molecular complexity index is 1410. The van der Waals surface area contributed by atoms with Crippen LogP contribution in [0.3, 0.4) is 0 Å². The fraction of sp³-hybridized carbons (Fsp3) is 0.591. The van der Waals surface area contributed by atoms with Gasteiger partial charge in [0.2, 0.25) is 0 Å². The lowest BCUT2D eigenvalue weighted by Crippen LogP contribution is -2.41. The van der Waals surface area contributed by atoms with Crippen LogP contribution in [0, 0.1) is 23.7 Å². The highest BCUT2D eigenvalue weighted by Crippen LogP contribution is 2.41. The van der Waals surface area contributed by atoms with Gasteiger partial charge in [-0.1, -0.05) is 151 Å². The van der Waals surface area contributed by atoms with E-state index in [1.165, 1.54) is 84.7 Å². The molecule has 4 heteroatoms. The van der Waals surface area contributed by atoms with Gasteiger partial charge in [-0.3, -0.25) is 0 Å². The fourth-order valence-electron chi connectivity index (χ4n) is 6.89. The second-order valence-corrected chi connectivity index (χ2v) is 17.7. The van der Waals surface area contributed by atoms with E-state index in [1.807, 2.05) is 0 Å². The van der Waals surface area contributed by atoms with Gasteiger partial charge in [-0.25, -0.2) is 0 Å². The van der Waals surface area contributed by atoms with Gasteiger partial charge in [-0.05, 0) is 116 Å². The van der Waals surface area contributed by atoms with E-state index in [2.05, 4.69) is 146 Å². The predicted molar refractivity (Wildman–Crippen MR) is 213 cm³/mol. The summed E-state index contributed by atoms with van der Waals surface area (Å²) in [7, 11) is -0.445. The van der Waals surface area contributed by atoms with Crippen LogP contribution in [0.25, 0.3) is 22.3 Å². The highest BCUT2D eigenvalue weighted by molar-refractivity contribution is 9.10. The fourth-order valence-corrected chi connectivity index (χ4v) is 7.45.